The molecular formula is C31H20O. The summed E-state index contributed by atoms with van der Waals surface area (Å²) in [5.41, 5.74) is 6.33. The van der Waals surface area contributed by atoms with Crippen LogP contribution in [-0.2, 0) is 0 Å². The maximum Gasteiger partial charge on any atom is 0.123 e. The monoisotopic (exact) mass is 408 g/mol. The molecule has 1 unspecified atom stereocenters. The van der Waals surface area contributed by atoms with E-state index in [4.69, 9.17) is 0 Å². The second-order valence-electron chi connectivity index (χ2n) is 8.62. The minimum Gasteiger partial charge on any atom is -0.507 e. The van der Waals surface area contributed by atoms with Gasteiger partial charge in [-0.05, 0) is 60.8 Å². The summed E-state index contributed by atoms with van der Waals surface area (Å²) in [6, 6.07) is 38.4. The van der Waals surface area contributed by atoms with Crippen molar-refractivity contribution in [2.75, 3.05) is 0 Å². The number of phenols is 1. The smallest absolute Gasteiger partial charge is 0.123 e. The van der Waals surface area contributed by atoms with Gasteiger partial charge in [0, 0.05) is 11.3 Å². The van der Waals surface area contributed by atoms with Gasteiger partial charge in [0.25, 0.3) is 0 Å². The van der Waals surface area contributed by atoms with Gasteiger partial charge in [0.1, 0.15) is 5.75 Å². The summed E-state index contributed by atoms with van der Waals surface area (Å²) in [7, 11) is 0. The van der Waals surface area contributed by atoms with Crippen molar-refractivity contribution in [2.45, 2.75) is 5.92 Å². The fourth-order valence-corrected chi connectivity index (χ4v) is 5.79. The molecule has 1 aliphatic rings. The summed E-state index contributed by atoms with van der Waals surface area (Å²) >= 11 is 0. The van der Waals surface area contributed by atoms with E-state index in [1.807, 2.05) is 12.1 Å². The molecule has 0 aromatic heterocycles. The molecular weight excluding hydrogens is 388 g/mol. The van der Waals surface area contributed by atoms with Crippen LogP contribution in [-0.4, -0.2) is 5.11 Å². The van der Waals surface area contributed by atoms with E-state index >= 15 is 0 Å². The zero-order valence-electron chi connectivity index (χ0n) is 17.4. The SMILES string of the molecule is Oc1cccc2c1c1c(c3ccccc32)-c2ccccc2C1c1cccc2ccccc12. The van der Waals surface area contributed by atoms with Crippen molar-refractivity contribution in [1.82, 2.24) is 0 Å². The highest BCUT2D eigenvalue weighted by Gasteiger charge is 2.34. The van der Waals surface area contributed by atoms with E-state index in [1.54, 1.807) is 0 Å². The highest BCUT2D eigenvalue weighted by atomic mass is 16.3. The van der Waals surface area contributed by atoms with Crippen LogP contribution < -0.4 is 0 Å². The average molecular weight is 409 g/mol. The third-order valence-corrected chi connectivity index (χ3v) is 7.03. The van der Waals surface area contributed by atoms with Crippen LogP contribution in [0.15, 0.2) is 109 Å². The molecule has 1 nitrogen and oxygen atoms in total. The Morgan fingerprint density at radius 1 is 0.500 bits per heavy atom. The van der Waals surface area contributed by atoms with E-state index in [9.17, 15) is 5.11 Å². The second-order valence-corrected chi connectivity index (χ2v) is 8.62. The molecule has 0 saturated heterocycles. The zero-order chi connectivity index (χ0) is 21.2. The Labute approximate surface area is 186 Å². The minimum atomic E-state index is 0.0627. The molecule has 1 heteroatoms. The summed E-state index contributed by atoms with van der Waals surface area (Å²) < 4.78 is 0. The predicted molar refractivity (Wildman–Crippen MR) is 133 cm³/mol. The maximum absolute atomic E-state index is 11.2. The van der Waals surface area contributed by atoms with Gasteiger partial charge in [-0.2, -0.15) is 0 Å². The lowest BCUT2D eigenvalue weighted by Crippen LogP contribution is -2.01. The molecule has 0 aliphatic heterocycles. The van der Waals surface area contributed by atoms with E-state index in [-0.39, 0.29) is 5.92 Å². The number of rotatable bonds is 1. The molecule has 0 bridgehead atoms. The van der Waals surface area contributed by atoms with Crippen LogP contribution in [0.4, 0.5) is 0 Å². The maximum atomic E-state index is 11.2. The van der Waals surface area contributed by atoms with Crippen LogP contribution in [0.1, 0.15) is 22.6 Å². The van der Waals surface area contributed by atoms with Gasteiger partial charge in [0.2, 0.25) is 0 Å². The van der Waals surface area contributed by atoms with Crippen LogP contribution in [0.3, 0.4) is 0 Å². The van der Waals surface area contributed by atoms with Gasteiger partial charge < -0.3 is 5.11 Å². The molecule has 0 saturated carbocycles. The standard InChI is InChI=1S/C31H20O/c32-27-18-8-17-24-21-12-3-4-13-23(21)29-26-15-6-5-14-25(26)28(31(29)30(24)27)22-16-7-10-19-9-1-2-11-20(19)22/h1-18,28,32H. The molecule has 150 valence electrons. The fraction of sp³-hybridized carbons (Fsp3) is 0.0323. The lowest BCUT2D eigenvalue weighted by Gasteiger charge is -2.20. The molecule has 6 aromatic rings. The summed E-state index contributed by atoms with van der Waals surface area (Å²) in [6.07, 6.45) is 0. The van der Waals surface area contributed by atoms with Crippen molar-refractivity contribution in [3.63, 3.8) is 0 Å². The van der Waals surface area contributed by atoms with Crippen LogP contribution in [0.5, 0.6) is 5.75 Å². The molecule has 1 atom stereocenters. The van der Waals surface area contributed by atoms with Crippen LogP contribution in [0, 0.1) is 0 Å². The Morgan fingerprint density at radius 2 is 1.12 bits per heavy atom. The molecule has 32 heavy (non-hydrogen) atoms. The quantitative estimate of drug-likeness (QED) is 0.273. The molecule has 0 fully saturated rings. The van der Waals surface area contributed by atoms with Crippen molar-refractivity contribution < 1.29 is 5.11 Å². The lowest BCUT2D eigenvalue weighted by atomic mass is 9.83. The Hall–Kier alpha value is -4.10. The lowest BCUT2D eigenvalue weighted by molar-refractivity contribution is 0.481. The molecule has 0 spiro atoms. The van der Waals surface area contributed by atoms with Gasteiger partial charge in [0.15, 0.2) is 0 Å². The van der Waals surface area contributed by atoms with Crippen molar-refractivity contribution in [3.8, 4) is 16.9 Å². The van der Waals surface area contributed by atoms with Gasteiger partial charge in [-0.3, -0.25) is 0 Å². The van der Waals surface area contributed by atoms with Crippen molar-refractivity contribution in [3.05, 3.63) is 126 Å². The topological polar surface area (TPSA) is 20.2 Å². The summed E-state index contributed by atoms with van der Waals surface area (Å²) in [5, 5.41) is 18.2. The molecule has 1 N–H and O–H groups in total. The molecule has 0 amide bonds. The molecule has 6 aromatic carbocycles. The Kier molecular flexibility index (Phi) is 3.54. The van der Waals surface area contributed by atoms with Crippen LogP contribution >= 0.6 is 0 Å². The van der Waals surface area contributed by atoms with Crippen LogP contribution in [0.2, 0.25) is 0 Å². The van der Waals surface area contributed by atoms with Gasteiger partial charge >= 0.3 is 0 Å². The van der Waals surface area contributed by atoms with Gasteiger partial charge in [-0.15, -0.1) is 0 Å². The zero-order valence-corrected chi connectivity index (χ0v) is 17.4. The Morgan fingerprint density at radius 3 is 2.03 bits per heavy atom. The average Bonchev–Trinajstić information content (AvgIpc) is 3.19. The van der Waals surface area contributed by atoms with Gasteiger partial charge in [-0.1, -0.05) is 103 Å². The first-order valence-corrected chi connectivity index (χ1v) is 11.1. The third kappa shape index (κ3) is 2.23. The second kappa shape index (κ2) is 6.45. The predicted octanol–water partition coefficient (Wildman–Crippen LogP) is 8.01. The number of benzene rings is 6. The van der Waals surface area contributed by atoms with E-state index < -0.39 is 0 Å². The van der Waals surface area contributed by atoms with Gasteiger partial charge in [-0.25, -0.2) is 0 Å². The molecule has 7 rings (SSSR count). The number of hydrogen-bond acceptors (Lipinski definition) is 1. The molecule has 1 aliphatic carbocycles. The fourth-order valence-electron chi connectivity index (χ4n) is 5.79. The number of aromatic hydroxyl groups is 1. The highest BCUT2D eigenvalue weighted by molar-refractivity contribution is 6.19. The van der Waals surface area contributed by atoms with Crippen LogP contribution in [0.25, 0.3) is 43.4 Å². The first-order valence-electron chi connectivity index (χ1n) is 11.1. The Bertz CT molecular complexity index is 1690. The van der Waals surface area contributed by atoms with E-state index in [2.05, 4.69) is 97.1 Å². The molecule has 0 heterocycles. The summed E-state index contributed by atoms with van der Waals surface area (Å²) in [5.74, 6) is 0.412. The molecule has 0 radical (unpaired) electrons. The van der Waals surface area contributed by atoms with Crippen molar-refractivity contribution in [2.24, 2.45) is 0 Å². The van der Waals surface area contributed by atoms with Gasteiger partial charge in [0.05, 0.1) is 0 Å². The minimum absolute atomic E-state index is 0.0627. The highest BCUT2D eigenvalue weighted by Crippen LogP contribution is 2.55. The number of fused-ring (bicyclic) bond motifs is 9. The third-order valence-electron chi connectivity index (χ3n) is 7.03. The summed E-state index contributed by atoms with van der Waals surface area (Å²) in [4.78, 5) is 0. The van der Waals surface area contributed by atoms with Crippen molar-refractivity contribution in [1.29, 1.82) is 0 Å². The number of hydrogen-bond donors (Lipinski definition) is 1. The summed E-state index contributed by atoms with van der Waals surface area (Å²) in [6.45, 7) is 0. The Balaban J connectivity index is 1.73. The largest absolute Gasteiger partial charge is 0.507 e. The first kappa shape index (κ1) is 17.6. The number of phenolic OH excluding ortho intramolecular Hbond substituents is 1. The van der Waals surface area contributed by atoms with E-state index in [1.165, 1.54) is 49.4 Å². The van der Waals surface area contributed by atoms with E-state index in [0.29, 0.717) is 5.75 Å². The first-order chi connectivity index (χ1) is 15.8. The van der Waals surface area contributed by atoms with Crippen molar-refractivity contribution >= 4 is 32.3 Å². The normalized spacial score (nSPS) is 14.7. The van der Waals surface area contributed by atoms with E-state index in [0.717, 1.165) is 10.8 Å².